The van der Waals surface area contributed by atoms with Crippen molar-refractivity contribution in [2.24, 2.45) is 0 Å². The average molecular weight is 313 g/mol. The second-order valence-electron chi connectivity index (χ2n) is 5.33. The van der Waals surface area contributed by atoms with Crippen molar-refractivity contribution in [1.29, 1.82) is 0 Å². The van der Waals surface area contributed by atoms with Crippen LogP contribution in [-0.4, -0.2) is 30.1 Å². The fraction of sp³-hybridized carbons (Fsp3) is 0.571. The quantitative estimate of drug-likeness (QED) is 0.919. The van der Waals surface area contributed by atoms with E-state index < -0.39 is 0 Å². The maximum Gasteiger partial charge on any atom is 0.127 e. The van der Waals surface area contributed by atoms with E-state index in [4.69, 9.17) is 0 Å². The number of nitrogens with zero attached hydrogens (tertiary/aromatic N) is 1. The van der Waals surface area contributed by atoms with E-state index in [0.717, 1.165) is 22.6 Å². The van der Waals surface area contributed by atoms with Gasteiger partial charge in [-0.3, -0.25) is 4.90 Å². The Morgan fingerprint density at radius 1 is 1.33 bits per heavy atom. The largest absolute Gasteiger partial charge is 0.308 e. The zero-order valence-corrected chi connectivity index (χ0v) is 11.9. The summed E-state index contributed by atoms with van der Waals surface area (Å²) in [7, 11) is 0. The third-order valence-electron chi connectivity index (χ3n) is 3.87. The van der Waals surface area contributed by atoms with Crippen LogP contribution in [0.3, 0.4) is 0 Å². The molecule has 3 rings (SSSR count). The highest BCUT2D eigenvalue weighted by molar-refractivity contribution is 9.10. The van der Waals surface area contributed by atoms with E-state index in [1.807, 2.05) is 6.07 Å². The van der Waals surface area contributed by atoms with E-state index in [2.05, 4.69) is 26.1 Å². The molecule has 1 saturated heterocycles. The summed E-state index contributed by atoms with van der Waals surface area (Å²) in [5, 5.41) is 3.48. The molecule has 1 N–H and O–H groups in total. The second kappa shape index (κ2) is 5.27. The molecule has 1 unspecified atom stereocenters. The maximum atomic E-state index is 13.6. The standard InChI is InChI=1S/C14H18BrFN2/c15-11-1-4-14(16)10(7-11)8-17-12-5-6-18(9-12)13-2-3-13/h1,4,7,12-13,17H,2-3,5-6,8-9H2. The van der Waals surface area contributed by atoms with Gasteiger partial charge in [0, 0.05) is 41.8 Å². The highest BCUT2D eigenvalue weighted by Crippen LogP contribution is 2.29. The van der Waals surface area contributed by atoms with Gasteiger partial charge in [0.15, 0.2) is 0 Å². The average Bonchev–Trinajstić information content (AvgIpc) is 3.10. The van der Waals surface area contributed by atoms with Crippen molar-refractivity contribution in [3.8, 4) is 0 Å². The van der Waals surface area contributed by atoms with Gasteiger partial charge >= 0.3 is 0 Å². The van der Waals surface area contributed by atoms with Crippen LogP contribution in [0.25, 0.3) is 0 Å². The Kier molecular flexibility index (Phi) is 3.68. The minimum atomic E-state index is -0.122. The molecule has 1 heterocycles. The van der Waals surface area contributed by atoms with E-state index in [-0.39, 0.29) is 5.82 Å². The lowest BCUT2D eigenvalue weighted by Gasteiger charge is -2.16. The van der Waals surface area contributed by atoms with Crippen LogP contribution in [-0.2, 0) is 6.54 Å². The van der Waals surface area contributed by atoms with Gasteiger partial charge in [-0.15, -0.1) is 0 Å². The Morgan fingerprint density at radius 2 is 2.17 bits per heavy atom. The van der Waals surface area contributed by atoms with Crippen LogP contribution in [0.15, 0.2) is 22.7 Å². The van der Waals surface area contributed by atoms with E-state index in [0.29, 0.717) is 12.6 Å². The molecule has 1 aromatic rings. The Morgan fingerprint density at radius 3 is 2.94 bits per heavy atom. The SMILES string of the molecule is Fc1ccc(Br)cc1CNC1CCN(C2CC2)C1. The first-order valence-corrected chi connectivity index (χ1v) is 7.43. The summed E-state index contributed by atoms with van der Waals surface area (Å²) >= 11 is 3.38. The van der Waals surface area contributed by atoms with Crippen molar-refractivity contribution in [2.45, 2.75) is 37.9 Å². The van der Waals surface area contributed by atoms with Gasteiger partial charge < -0.3 is 5.32 Å². The number of nitrogens with one attached hydrogen (secondary N) is 1. The topological polar surface area (TPSA) is 15.3 Å². The molecule has 18 heavy (non-hydrogen) atoms. The summed E-state index contributed by atoms with van der Waals surface area (Å²) < 4.78 is 14.5. The molecule has 0 amide bonds. The Hall–Kier alpha value is -0.450. The Labute approximate surface area is 116 Å². The van der Waals surface area contributed by atoms with Crippen molar-refractivity contribution >= 4 is 15.9 Å². The Bertz CT molecular complexity index is 434. The fourth-order valence-corrected chi connectivity index (χ4v) is 3.07. The summed E-state index contributed by atoms with van der Waals surface area (Å²) in [6, 6.07) is 6.48. The van der Waals surface area contributed by atoms with Crippen molar-refractivity contribution in [2.75, 3.05) is 13.1 Å². The van der Waals surface area contributed by atoms with E-state index >= 15 is 0 Å². The van der Waals surface area contributed by atoms with Crippen LogP contribution in [0.2, 0.25) is 0 Å². The molecule has 1 aromatic carbocycles. The summed E-state index contributed by atoms with van der Waals surface area (Å²) in [6.07, 6.45) is 3.92. The Balaban J connectivity index is 1.53. The lowest BCUT2D eigenvalue weighted by Crippen LogP contribution is -2.33. The van der Waals surface area contributed by atoms with Crippen molar-refractivity contribution in [1.82, 2.24) is 10.2 Å². The molecule has 98 valence electrons. The van der Waals surface area contributed by atoms with Crippen molar-refractivity contribution in [3.05, 3.63) is 34.1 Å². The monoisotopic (exact) mass is 312 g/mol. The summed E-state index contributed by atoms with van der Waals surface area (Å²) in [4.78, 5) is 2.56. The molecule has 0 bridgehead atoms. The lowest BCUT2D eigenvalue weighted by molar-refractivity contribution is 0.317. The van der Waals surface area contributed by atoms with E-state index in [1.54, 1.807) is 6.07 Å². The first-order chi connectivity index (χ1) is 8.72. The summed E-state index contributed by atoms with van der Waals surface area (Å²) in [6.45, 7) is 2.94. The number of likely N-dealkylation sites (tertiary alicyclic amines) is 1. The van der Waals surface area contributed by atoms with Gasteiger partial charge in [0.1, 0.15) is 5.82 Å². The highest BCUT2D eigenvalue weighted by Gasteiger charge is 2.34. The van der Waals surface area contributed by atoms with Crippen LogP contribution in [0.1, 0.15) is 24.8 Å². The summed E-state index contributed by atoms with van der Waals surface area (Å²) in [5.41, 5.74) is 0.745. The predicted molar refractivity (Wildman–Crippen MR) is 73.9 cm³/mol. The normalized spacial score (nSPS) is 24.7. The van der Waals surface area contributed by atoms with Gasteiger partial charge in [-0.1, -0.05) is 15.9 Å². The first kappa shape index (κ1) is 12.6. The second-order valence-corrected chi connectivity index (χ2v) is 6.24. The summed E-state index contributed by atoms with van der Waals surface area (Å²) in [5.74, 6) is -0.122. The number of hydrogen-bond donors (Lipinski definition) is 1. The minimum Gasteiger partial charge on any atom is -0.308 e. The molecular weight excluding hydrogens is 295 g/mol. The number of benzene rings is 1. The van der Waals surface area contributed by atoms with Crippen molar-refractivity contribution < 1.29 is 4.39 Å². The smallest absolute Gasteiger partial charge is 0.127 e. The first-order valence-electron chi connectivity index (χ1n) is 6.64. The number of halogens is 2. The van der Waals surface area contributed by atoms with Crippen LogP contribution in [0, 0.1) is 5.82 Å². The third-order valence-corrected chi connectivity index (χ3v) is 4.37. The predicted octanol–water partition coefficient (Wildman–Crippen LogP) is 2.91. The fourth-order valence-electron chi connectivity index (χ4n) is 2.66. The minimum absolute atomic E-state index is 0.122. The van der Waals surface area contributed by atoms with Crippen molar-refractivity contribution in [3.63, 3.8) is 0 Å². The molecule has 0 spiro atoms. The molecule has 2 aliphatic rings. The molecule has 0 aromatic heterocycles. The molecule has 4 heteroatoms. The molecular formula is C14H18BrFN2. The molecule has 1 aliphatic heterocycles. The number of rotatable bonds is 4. The zero-order chi connectivity index (χ0) is 12.5. The number of hydrogen-bond acceptors (Lipinski definition) is 2. The van der Waals surface area contributed by atoms with Gasteiger partial charge in [-0.25, -0.2) is 4.39 Å². The van der Waals surface area contributed by atoms with Gasteiger partial charge in [-0.05, 0) is 37.5 Å². The van der Waals surface area contributed by atoms with Gasteiger partial charge in [0.05, 0.1) is 0 Å². The molecule has 1 aliphatic carbocycles. The molecule has 0 radical (unpaired) electrons. The van der Waals surface area contributed by atoms with Gasteiger partial charge in [-0.2, -0.15) is 0 Å². The van der Waals surface area contributed by atoms with Crippen LogP contribution in [0.4, 0.5) is 4.39 Å². The zero-order valence-electron chi connectivity index (χ0n) is 10.3. The third kappa shape index (κ3) is 2.92. The van der Waals surface area contributed by atoms with Crippen LogP contribution >= 0.6 is 15.9 Å². The molecule has 1 atom stereocenters. The molecule has 2 fully saturated rings. The highest BCUT2D eigenvalue weighted by atomic mass is 79.9. The van der Waals surface area contributed by atoms with Crippen LogP contribution in [0.5, 0.6) is 0 Å². The lowest BCUT2D eigenvalue weighted by atomic mass is 10.2. The molecule has 1 saturated carbocycles. The van der Waals surface area contributed by atoms with E-state index in [9.17, 15) is 4.39 Å². The molecule has 2 nitrogen and oxygen atoms in total. The van der Waals surface area contributed by atoms with E-state index in [1.165, 1.54) is 31.9 Å². The van der Waals surface area contributed by atoms with Gasteiger partial charge in [0.2, 0.25) is 0 Å². The van der Waals surface area contributed by atoms with Gasteiger partial charge in [0.25, 0.3) is 0 Å². The van der Waals surface area contributed by atoms with Crippen LogP contribution < -0.4 is 5.32 Å². The maximum absolute atomic E-state index is 13.6.